The Morgan fingerprint density at radius 2 is 2.05 bits per heavy atom. The fourth-order valence-corrected chi connectivity index (χ4v) is 1.61. The highest BCUT2D eigenvalue weighted by molar-refractivity contribution is 5.75. The molecule has 106 valence electrons. The second kappa shape index (κ2) is 6.06. The summed E-state index contributed by atoms with van der Waals surface area (Å²) in [5.74, 6) is -1.19. The van der Waals surface area contributed by atoms with Crippen LogP contribution in [-0.2, 0) is 11.0 Å². The van der Waals surface area contributed by atoms with Crippen LogP contribution in [-0.4, -0.2) is 17.1 Å². The number of carbonyl (C=O) groups is 1. The Balaban J connectivity index is 3.07. The molecule has 0 aromatic heterocycles. The average Bonchev–Trinajstić information content (AvgIpc) is 2.34. The third-order valence-corrected chi connectivity index (χ3v) is 2.86. The van der Waals surface area contributed by atoms with Crippen molar-refractivity contribution < 1.29 is 23.1 Å². The standard InChI is InChI=1S/C13H16F3NO2/c1-3-8(2)17-11(12(18)19)9-5-4-6-10(7-9)13(14,15)16/h4-8,11,17H,3H2,1-2H3,(H,18,19). The molecule has 0 bridgehead atoms. The lowest BCUT2D eigenvalue weighted by atomic mass is 10.0. The Morgan fingerprint density at radius 1 is 1.42 bits per heavy atom. The molecule has 2 atom stereocenters. The van der Waals surface area contributed by atoms with Gasteiger partial charge in [-0.05, 0) is 31.0 Å². The molecule has 1 rings (SSSR count). The number of carboxylic acids is 1. The van der Waals surface area contributed by atoms with E-state index in [0.29, 0.717) is 6.42 Å². The predicted octanol–water partition coefficient (Wildman–Crippen LogP) is 3.22. The van der Waals surface area contributed by atoms with E-state index in [2.05, 4.69) is 5.32 Å². The van der Waals surface area contributed by atoms with E-state index in [1.165, 1.54) is 12.1 Å². The number of carboxylic acid groups (broad SMARTS) is 1. The summed E-state index contributed by atoms with van der Waals surface area (Å²) in [6.45, 7) is 3.65. The molecule has 0 heterocycles. The molecule has 3 nitrogen and oxygen atoms in total. The van der Waals surface area contributed by atoms with E-state index in [1.54, 1.807) is 6.92 Å². The van der Waals surface area contributed by atoms with Crippen molar-refractivity contribution in [3.8, 4) is 0 Å². The van der Waals surface area contributed by atoms with Crippen molar-refractivity contribution in [2.45, 2.75) is 38.5 Å². The highest BCUT2D eigenvalue weighted by Crippen LogP contribution is 2.30. The second-order valence-corrected chi connectivity index (χ2v) is 4.37. The van der Waals surface area contributed by atoms with Crippen LogP contribution in [0.4, 0.5) is 13.2 Å². The smallest absolute Gasteiger partial charge is 0.416 e. The molecule has 19 heavy (non-hydrogen) atoms. The van der Waals surface area contributed by atoms with Gasteiger partial charge in [-0.2, -0.15) is 13.2 Å². The molecule has 0 saturated carbocycles. The SMILES string of the molecule is CCC(C)NC(C(=O)O)c1cccc(C(F)(F)F)c1. The van der Waals surface area contributed by atoms with E-state index in [1.807, 2.05) is 6.92 Å². The summed E-state index contributed by atoms with van der Waals surface area (Å²) in [5, 5.41) is 11.9. The summed E-state index contributed by atoms with van der Waals surface area (Å²) >= 11 is 0. The first kappa shape index (κ1) is 15.5. The van der Waals surface area contributed by atoms with Gasteiger partial charge in [0, 0.05) is 6.04 Å². The van der Waals surface area contributed by atoms with Crippen LogP contribution in [0.5, 0.6) is 0 Å². The molecule has 6 heteroatoms. The molecule has 1 aromatic carbocycles. The molecule has 0 aliphatic heterocycles. The van der Waals surface area contributed by atoms with Crippen molar-refractivity contribution in [2.75, 3.05) is 0 Å². The van der Waals surface area contributed by atoms with Crippen LogP contribution < -0.4 is 5.32 Å². The zero-order valence-corrected chi connectivity index (χ0v) is 10.7. The summed E-state index contributed by atoms with van der Waals surface area (Å²) in [4.78, 5) is 11.2. The molecule has 0 aliphatic rings. The van der Waals surface area contributed by atoms with Gasteiger partial charge in [0.15, 0.2) is 0 Å². The monoisotopic (exact) mass is 275 g/mol. The van der Waals surface area contributed by atoms with Gasteiger partial charge in [-0.15, -0.1) is 0 Å². The predicted molar refractivity (Wildman–Crippen MR) is 64.7 cm³/mol. The van der Waals surface area contributed by atoms with Crippen LogP contribution >= 0.6 is 0 Å². The quantitative estimate of drug-likeness (QED) is 0.867. The number of aliphatic carboxylic acids is 1. The molecule has 2 unspecified atom stereocenters. The molecule has 0 spiro atoms. The molecule has 0 fully saturated rings. The van der Waals surface area contributed by atoms with E-state index in [4.69, 9.17) is 5.11 Å². The first-order valence-electron chi connectivity index (χ1n) is 5.91. The maximum Gasteiger partial charge on any atom is 0.416 e. The third-order valence-electron chi connectivity index (χ3n) is 2.86. The zero-order chi connectivity index (χ0) is 14.6. The van der Waals surface area contributed by atoms with Crippen molar-refractivity contribution in [3.05, 3.63) is 35.4 Å². The fourth-order valence-electron chi connectivity index (χ4n) is 1.61. The third kappa shape index (κ3) is 4.24. The Kier molecular flexibility index (Phi) is 4.94. The molecule has 0 amide bonds. The minimum Gasteiger partial charge on any atom is -0.480 e. The fraction of sp³-hybridized carbons (Fsp3) is 0.462. The van der Waals surface area contributed by atoms with E-state index < -0.39 is 23.8 Å². The molecular formula is C13H16F3NO2. The highest BCUT2D eigenvalue weighted by atomic mass is 19.4. The minimum absolute atomic E-state index is 0.0997. The number of nitrogens with one attached hydrogen (secondary N) is 1. The van der Waals surface area contributed by atoms with Gasteiger partial charge in [-0.25, -0.2) is 0 Å². The van der Waals surface area contributed by atoms with Gasteiger partial charge in [0.25, 0.3) is 0 Å². The van der Waals surface area contributed by atoms with E-state index in [-0.39, 0.29) is 11.6 Å². The van der Waals surface area contributed by atoms with Crippen LogP contribution in [0.25, 0.3) is 0 Å². The van der Waals surface area contributed by atoms with Crippen molar-refractivity contribution in [3.63, 3.8) is 0 Å². The lowest BCUT2D eigenvalue weighted by Crippen LogP contribution is -2.35. The molecule has 2 N–H and O–H groups in total. The number of hydrogen-bond donors (Lipinski definition) is 2. The number of hydrogen-bond acceptors (Lipinski definition) is 2. The molecule has 0 radical (unpaired) electrons. The Hall–Kier alpha value is -1.56. The molecule has 0 saturated heterocycles. The van der Waals surface area contributed by atoms with E-state index >= 15 is 0 Å². The van der Waals surface area contributed by atoms with Crippen LogP contribution in [0.3, 0.4) is 0 Å². The molecule has 1 aromatic rings. The van der Waals surface area contributed by atoms with Gasteiger partial charge in [0.2, 0.25) is 0 Å². The van der Waals surface area contributed by atoms with Crippen molar-refractivity contribution in [2.24, 2.45) is 0 Å². The van der Waals surface area contributed by atoms with Gasteiger partial charge in [-0.3, -0.25) is 10.1 Å². The van der Waals surface area contributed by atoms with Crippen molar-refractivity contribution in [1.82, 2.24) is 5.32 Å². The topological polar surface area (TPSA) is 49.3 Å². The first-order valence-corrected chi connectivity index (χ1v) is 5.91. The summed E-state index contributed by atoms with van der Waals surface area (Å²) in [6.07, 6.45) is -3.79. The largest absolute Gasteiger partial charge is 0.480 e. The van der Waals surface area contributed by atoms with Gasteiger partial charge in [0.05, 0.1) is 5.56 Å². The average molecular weight is 275 g/mol. The molecule has 0 aliphatic carbocycles. The zero-order valence-electron chi connectivity index (χ0n) is 10.7. The Morgan fingerprint density at radius 3 is 2.53 bits per heavy atom. The van der Waals surface area contributed by atoms with Gasteiger partial charge in [0.1, 0.15) is 6.04 Å². The number of rotatable bonds is 5. The second-order valence-electron chi connectivity index (χ2n) is 4.37. The maximum absolute atomic E-state index is 12.6. The highest BCUT2D eigenvalue weighted by Gasteiger charge is 2.32. The number of benzene rings is 1. The lowest BCUT2D eigenvalue weighted by molar-refractivity contribution is -0.141. The van der Waals surface area contributed by atoms with Crippen LogP contribution in [0.15, 0.2) is 24.3 Å². The minimum atomic E-state index is -4.48. The van der Waals surface area contributed by atoms with Crippen LogP contribution in [0.1, 0.15) is 37.4 Å². The van der Waals surface area contributed by atoms with E-state index in [0.717, 1.165) is 12.1 Å². The summed E-state index contributed by atoms with van der Waals surface area (Å²) in [7, 11) is 0. The normalized spacial score (nSPS) is 15.0. The van der Waals surface area contributed by atoms with Crippen molar-refractivity contribution in [1.29, 1.82) is 0 Å². The summed E-state index contributed by atoms with van der Waals surface area (Å²) in [5.41, 5.74) is -0.746. The Labute approximate surface area is 109 Å². The van der Waals surface area contributed by atoms with Crippen LogP contribution in [0, 0.1) is 0 Å². The summed E-state index contributed by atoms with van der Waals surface area (Å²) < 4.78 is 37.8. The maximum atomic E-state index is 12.6. The van der Waals surface area contributed by atoms with Gasteiger partial charge < -0.3 is 5.11 Å². The van der Waals surface area contributed by atoms with Crippen molar-refractivity contribution >= 4 is 5.97 Å². The van der Waals surface area contributed by atoms with E-state index in [9.17, 15) is 18.0 Å². The lowest BCUT2D eigenvalue weighted by Gasteiger charge is -2.20. The molecular weight excluding hydrogens is 259 g/mol. The van der Waals surface area contributed by atoms with Gasteiger partial charge >= 0.3 is 12.1 Å². The summed E-state index contributed by atoms with van der Waals surface area (Å²) in [6, 6.07) is 3.14. The number of alkyl halides is 3. The van der Waals surface area contributed by atoms with Crippen LogP contribution in [0.2, 0.25) is 0 Å². The van der Waals surface area contributed by atoms with Gasteiger partial charge in [-0.1, -0.05) is 19.1 Å². The first-order chi connectivity index (χ1) is 8.75. The number of halogens is 3. The Bertz CT molecular complexity index is 446.